The number of aliphatic carboxylic acids is 1. The minimum atomic E-state index is -0.968. The summed E-state index contributed by atoms with van der Waals surface area (Å²) >= 11 is 0. The number of hydrogen-bond acceptors (Lipinski definition) is 3. The van der Waals surface area contributed by atoms with Crippen LogP contribution in [0.4, 0.5) is 5.69 Å². The van der Waals surface area contributed by atoms with Crippen LogP contribution in [-0.4, -0.2) is 17.2 Å². The van der Waals surface area contributed by atoms with Gasteiger partial charge >= 0.3 is 5.97 Å². The highest BCUT2D eigenvalue weighted by Crippen LogP contribution is 2.12. The van der Waals surface area contributed by atoms with E-state index in [4.69, 9.17) is 5.11 Å². The first-order valence-electron chi connectivity index (χ1n) is 4.11. The monoisotopic (exact) mass is 201 g/mol. The Kier molecular flexibility index (Phi) is 3.84. The van der Waals surface area contributed by atoms with Crippen molar-refractivity contribution >= 4 is 17.7 Å². The lowest BCUT2D eigenvalue weighted by atomic mass is 10.2. The number of benzene rings is 1. The van der Waals surface area contributed by atoms with Gasteiger partial charge in [0.25, 0.3) is 0 Å². The van der Waals surface area contributed by atoms with E-state index < -0.39 is 5.97 Å². The second-order valence-corrected chi connectivity index (χ2v) is 2.63. The second kappa shape index (κ2) is 5.38. The van der Waals surface area contributed by atoms with Crippen LogP contribution in [0.3, 0.4) is 0 Å². The van der Waals surface area contributed by atoms with Crippen LogP contribution >= 0.6 is 0 Å². The van der Waals surface area contributed by atoms with Crippen LogP contribution < -0.4 is 0 Å². The quantitative estimate of drug-likeness (QED) is 0.447. The molecule has 0 saturated carbocycles. The van der Waals surface area contributed by atoms with Crippen LogP contribution in [0.1, 0.15) is 12.0 Å². The first-order chi connectivity index (χ1) is 7.22. The Labute approximate surface area is 86.3 Å². The highest BCUT2D eigenvalue weighted by molar-refractivity contribution is 5.70. The number of nitrogens with zero attached hydrogens (tertiary/aromatic N) is 1. The summed E-state index contributed by atoms with van der Waals surface area (Å²) in [6.07, 6.45) is 1.21. The molecule has 4 nitrogen and oxygen atoms in total. The Morgan fingerprint density at radius 2 is 2.27 bits per heavy atom. The molecule has 1 N–H and O–H groups in total. The number of carboxylic acids is 1. The van der Waals surface area contributed by atoms with Gasteiger partial charge in [-0.1, -0.05) is 17.9 Å². The van der Waals surface area contributed by atoms with Crippen molar-refractivity contribution in [3.8, 4) is 11.8 Å². The minimum Gasteiger partial charge on any atom is -0.481 e. The first kappa shape index (κ1) is 10.7. The molecule has 74 valence electrons. The fourth-order valence-corrected chi connectivity index (χ4v) is 0.928. The number of rotatable bonds is 2. The summed E-state index contributed by atoms with van der Waals surface area (Å²) in [5, 5.41) is 8.36. The summed E-state index contributed by atoms with van der Waals surface area (Å²) in [7, 11) is 0. The van der Waals surface area contributed by atoms with Crippen LogP contribution in [0.15, 0.2) is 29.3 Å². The molecule has 0 radical (unpaired) electrons. The molecule has 0 atom stereocenters. The Morgan fingerprint density at radius 3 is 2.93 bits per heavy atom. The molecule has 4 heteroatoms. The number of hydrogen-bond donors (Lipinski definition) is 1. The fourth-order valence-electron chi connectivity index (χ4n) is 0.928. The average molecular weight is 201 g/mol. The molecule has 0 aliphatic carbocycles. The molecule has 15 heavy (non-hydrogen) atoms. The van der Waals surface area contributed by atoms with Gasteiger partial charge in [-0.3, -0.25) is 4.79 Å². The maximum absolute atomic E-state index is 10.2. The molecule has 0 aliphatic heterocycles. The Hall–Kier alpha value is -2.37. The van der Waals surface area contributed by atoms with Crippen molar-refractivity contribution in [2.24, 2.45) is 4.99 Å². The number of isocyanates is 1. The zero-order chi connectivity index (χ0) is 11.1. The normalized spacial score (nSPS) is 8.27. The maximum atomic E-state index is 10.2. The zero-order valence-corrected chi connectivity index (χ0v) is 7.73. The van der Waals surface area contributed by atoms with E-state index in [-0.39, 0.29) is 6.42 Å². The third kappa shape index (κ3) is 3.90. The van der Waals surface area contributed by atoms with E-state index in [1.165, 1.54) is 6.08 Å². The number of carbonyl (C=O) groups excluding carboxylic acids is 1. The predicted octanol–water partition coefficient (Wildman–Crippen LogP) is 1.48. The second-order valence-electron chi connectivity index (χ2n) is 2.63. The summed E-state index contributed by atoms with van der Waals surface area (Å²) in [5.41, 5.74) is 1.07. The first-order valence-corrected chi connectivity index (χ1v) is 4.11. The van der Waals surface area contributed by atoms with Crippen LogP contribution in [0.5, 0.6) is 0 Å². The van der Waals surface area contributed by atoms with Crippen molar-refractivity contribution in [2.45, 2.75) is 6.42 Å². The van der Waals surface area contributed by atoms with Crippen molar-refractivity contribution in [2.75, 3.05) is 0 Å². The van der Waals surface area contributed by atoms with Crippen molar-refractivity contribution in [3.05, 3.63) is 29.8 Å². The zero-order valence-electron chi connectivity index (χ0n) is 7.73. The summed E-state index contributed by atoms with van der Waals surface area (Å²) < 4.78 is 0. The molecule has 0 aliphatic rings. The molecule has 1 rings (SSSR count). The van der Waals surface area contributed by atoms with E-state index in [0.717, 1.165) is 0 Å². The lowest BCUT2D eigenvalue weighted by Gasteiger charge is -1.91. The molecule has 0 unspecified atom stereocenters. The molecule has 0 aromatic heterocycles. The highest BCUT2D eigenvalue weighted by atomic mass is 16.4. The van der Waals surface area contributed by atoms with Gasteiger partial charge in [0, 0.05) is 5.56 Å². The predicted molar refractivity (Wildman–Crippen MR) is 53.4 cm³/mol. The van der Waals surface area contributed by atoms with E-state index in [9.17, 15) is 9.59 Å². The Balaban J connectivity index is 2.84. The molecule has 0 spiro atoms. The Morgan fingerprint density at radius 1 is 1.47 bits per heavy atom. The fraction of sp³-hybridized carbons (Fsp3) is 0.0909. The van der Waals surface area contributed by atoms with Gasteiger partial charge in [-0.25, -0.2) is 4.79 Å². The van der Waals surface area contributed by atoms with Crippen molar-refractivity contribution < 1.29 is 14.7 Å². The smallest absolute Gasteiger partial charge is 0.315 e. The van der Waals surface area contributed by atoms with Gasteiger partial charge < -0.3 is 5.11 Å². The molecular formula is C11H7NO3. The summed E-state index contributed by atoms with van der Waals surface area (Å²) in [5.74, 6) is 4.17. The third-order valence-corrected chi connectivity index (χ3v) is 1.49. The average Bonchev–Trinajstić information content (AvgIpc) is 2.18. The van der Waals surface area contributed by atoms with E-state index >= 15 is 0 Å². The van der Waals surface area contributed by atoms with Gasteiger partial charge in [-0.15, -0.1) is 0 Å². The SMILES string of the molecule is O=C=Nc1cccc(C#CCC(=O)O)c1. The molecule has 1 aromatic rings. The van der Waals surface area contributed by atoms with Gasteiger partial charge in [-0.05, 0) is 18.2 Å². The van der Waals surface area contributed by atoms with Crippen LogP contribution in [0.2, 0.25) is 0 Å². The van der Waals surface area contributed by atoms with Gasteiger partial charge in [0.1, 0.15) is 6.42 Å². The van der Waals surface area contributed by atoms with Crippen molar-refractivity contribution in [1.82, 2.24) is 0 Å². The highest BCUT2D eigenvalue weighted by Gasteiger charge is 1.92. The van der Waals surface area contributed by atoms with Gasteiger partial charge in [-0.2, -0.15) is 4.99 Å². The lowest BCUT2D eigenvalue weighted by Crippen LogP contribution is -1.90. The molecule has 0 heterocycles. The number of aliphatic imine (C=N–C) groups is 1. The van der Waals surface area contributed by atoms with Gasteiger partial charge in [0.2, 0.25) is 6.08 Å². The molecule has 1 aromatic carbocycles. The topological polar surface area (TPSA) is 66.7 Å². The Bertz CT molecular complexity index is 476. The van der Waals surface area contributed by atoms with E-state index in [2.05, 4.69) is 16.8 Å². The lowest BCUT2D eigenvalue weighted by molar-refractivity contribution is -0.135. The van der Waals surface area contributed by atoms with Gasteiger partial charge in [0.05, 0.1) is 5.69 Å². The van der Waals surface area contributed by atoms with Crippen molar-refractivity contribution in [3.63, 3.8) is 0 Å². The summed E-state index contributed by atoms with van der Waals surface area (Å²) in [6, 6.07) is 6.60. The van der Waals surface area contributed by atoms with Crippen LogP contribution in [0, 0.1) is 11.8 Å². The minimum absolute atomic E-state index is 0.207. The van der Waals surface area contributed by atoms with E-state index in [1.54, 1.807) is 24.3 Å². The van der Waals surface area contributed by atoms with Crippen LogP contribution in [-0.2, 0) is 9.59 Å². The maximum Gasteiger partial charge on any atom is 0.315 e. The van der Waals surface area contributed by atoms with E-state index in [0.29, 0.717) is 11.3 Å². The summed E-state index contributed by atoms with van der Waals surface area (Å²) in [6.45, 7) is 0. The van der Waals surface area contributed by atoms with Crippen molar-refractivity contribution in [1.29, 1.82) is 0 Å². The molecule has 0 fully saturated rings. The number of carbonyl (C=O) groups is 1. The molecule has 0 bridgehead atoms. The molecule has 0 saturated heterocycles. The third-order valence-electron chi connectivity index (χ3n) is 1.49. The number of carboxylic acid groups (broad SMARTS) is 1. The molecular weight excluding hydrogens is 194 g/mol. The van der Waals surface area contributed by atoms with Gasteiger partial charge in [0.15, 0.2) is 0 Å². The van der Waals surface area contributed by atoms with Crippen LogP contribution in [0.25, 0.3) is 0 Å². The summed E-state index contributed by atoms with van der Waals surface area (Å²) in [4.78, 5) is 23.6. The molecule has 0 amide bonds. The van der Waals surface area contributed by atoms with E-state index in [1.807, 2.05) is 0 Å². The standard InChI is InChI=1S/C11H7NO3/c13-8-12-10-5-1-3-9(7-10)4-2-6-11(14)15/h1,3,5,7H,6H2,(H,14,15). The largest absolute Gasteiger partial charge is 0.481 e.